The van der Waals surface area contributed by atoms with Crippen LogP contribution in [0.5, 0.6) is 11.5 Å². The van der Waals surface area contributed by atoms with Crippen molar-refractivity contribution in [3.8, 4) is 11.5 Å². The molecule has 1 atom stereocenters. The molecule has 186 valence electrons. The van der Waals surface area contributed by atoms with E-state index in [0.717, 1.165) is 16.7 Å². The van der Waals surface area contributed by atoms with E-state index in [0.29, 0.717) is 17.1 Å². The van der Waals surface area contributed by atoms with Crippen LogP contribution >= 0.6 is 11.8 Å². The van der Waals surface area contributed by atoms with Crippen LogP contribution in [0.2, 0.25) is 0 Å². The summed E-state index contributed by atoms with van der Waals surface area (Å²) in [6.07, 6.45) is 2.97. The van der Waals surface area contributed by atoms with Crippen molar-refractivity contribution in [3.05, 3.63) is 52.8 Å². The third kappa shape index (κ3) is 6.24. The Hall–Kier alpha value is -3.73. The molecule has 1 fully saturated rings. The zero-order chi connectivity index (χ0) is 25.5. The lowest BCUT2D eigenvalue weighted by Crippen LogP contribution is -2.51. The normalized spacial score (nSPS) is 15.5. The first-order valence-electron chi connectivity index (χ1n) is 10.8. The second-order valence-electron chi connectivity index (χ2n) is 7.91. The lowest BCUT2D eigenvalue weighted by molar-refractivity contribution is -0.125. The fourth-order valence-corrected chi connectivity index (χ4v) is 4.21. The number of nitrogens with one attached hydrogen (secondary N) is 2. The van der Waals surface area contributed by atoms with Crippen LogP contribution in [0.25, 0.3) is 6.08 Å². The van der Waals surface area contributed by atoms with Crippen LogP contribution in [0.4, 0.5) is 4.79 Å². The number of carbonyl (C=O) groups is 4. The average molecular weight is 502 g/mol. The summed E-state index contributed by atoms with van der Waals surface area (Å²) < 4.78 is 15.5. The Bertz CT molecular complexity index is 1130. The van der Waals surface area contributed by atoms with E-state index in [1.807, 2.05) is 0 Å². The number of rotatable bonds is 10. The number of amides is 4. The van der Waals surface area contributed by atoms with Gasteiger partial charge in [-0.25, -0.2) is 0 Å². The van der Waals surface area contributed by atoms with Crippen molar-refractivity contribution in [3.63, 3.8) is 0 Å². The van der Waals surface area contributed by atoms with Gasteiger partial charge in [0.2, 0.25) is 5.91 Å². The number of methoxy groups -OCH3 is 2. The molecule has 10 nitrogen and oxygen atoms in total. The number of hydrogen-bond donors (Lipinski definition) is 2. The monoisotopic (exact) mass is 501 g/mol. The Labute approximate surface area is 207 Å². The summed E-state index contributed by atoms with van der Waals surface area (Å²) in [7, 11) is 3.04. The molecule has 2 N–H and O–H groups in total. The number of ether oxygens (including phenoxy) is 2. The van der Waals surface area contributed by atoms with Gasteiger partial charge in [-0.2, -0.15) is 0 Å². The first-order valence-corrected chi connectivity index (χ1v) is 11.7. The van der Waals surface area contributed by atoms with Crippen molar-refractivity contribution in [1.29, 1.82) is 0 Å². The Morgan fingerprint density at radius 2 is 1.89 bits per heavy atom. The van der Waals surface area contributed by atoms with Crippen LogP contribution in [-0.4, -0.2) is 61.2 Å². The van der Waals surface area contributed by atoms with E-state index in [-0.39, 0.29) is 29.7 Å². The molecule has 0 unspecified atom stereocenters. The van der Waals surface area contributed by atoms with Gasteiger partial charge in [0.1, 0.15) is 6.04 Å². The summed E-state index contributed by atoms with van der Waals surface area (Å²) in [6, 6.07) is 7.43. The fraction of sp³-hybridized carbons (Fsp3) is 0.333. The van der Waals surface area contributed by atoms with E-state index in [1.165, 1.54) is 26.5 Å². The van der Waals surface area contributed by atoms with Gasteiger partial charge in [0.15, 0.2) is 17.3 Å². The van der Waals surface area contributed by atoms with Crippen molar-refractivity contribution in [2.75, 3.05) is 27.3 Å². The minimum atomic E-state index is -0.813. The first kappa shape index (κ1) is 25.9. The van der Waals surface area contributed by atoms with Crippen molar-refractivity contribution in [2.45, 2.75) is 19.9 Å². The summed E-state index contributed by atoms with van der Waals surface area (Å²) >= 11 is 0.823. The summed E-state index contributed by atoms with van der Waals surface area (Å²) in [6.45, 7) is 3.63. The molecule has 1 aromatic heterocycles. The Kier molecular flexibility index (Phi) is 8.58. The van der Waals surface area contributed by atoms with Gasteiger partial charge in [0, 0.05) is 13.1 Å². The predicted molar refractivity (Wildman–Crippen MR) is 130 cm³/mol. The van der Waals surface area contributed by atoms with E-state index in [9.17, 15) is 19.2 Å². The Morgan fingerprint density at radius 1 is 1.14 bits per heavy atom. The van der Waals surface area contributed by atoms with Crippen molar-refractivity contribution >= 4 is 40.8 Å². The molecule has 0 radical (unpaired) electrons. The van der Waals surface area contributed by atoms with Gasteiger partial charge in [-0.3, -0.25) is 24.1 Å². The highest BCUT2D eigenvalue weighted by molar-refractivity contribution is 8.18. The van der Waals surface area contributed by atoms with E-state index in [2.05, 4.69) is 10.6 Å². The van der Waals surface area contributed by atoms with Gasteiger partial charge in [0.25, 0.3) is 17.1 Å². The standard InChI is InChI=1S/C24H27N3O7S/c1-14(2)20(26-21(28)17-6-5-11-34-17)22(29)25-9-10-27-23(30)19(35-24(27)31)13-15-7-8-16(32-3)18(12-15)33-4/h5-8,11-14,20H,9-10H2,1-4H3,(H,25,29)(H,26,28)/b19-13+/t20-/m0/s1. The van der Waals surface area contributed by atoms with Gasteiger partial charge in [-0.1, -0.05) is 19.9 Å². The molecule has 35 heavy (non-hydrogen) atoms. The minimum Gasteiger partial charge on any atom is -0.493 e. The summed E-state index contributed by atoms with van der Waals surface area (Å²) in [5.74, 6) is -0.424. The maximum absolute atomic E-state index is 12.8. The number of thioether (sulfide) groups is 1. The van der Waals surface area contributed by atoms with E-state index in [1.54, 1.807) is 44.2 Å². The SMILES string of the molecule is COc1ccc(/C=C2/SC(=O)N(CCNC(=O)[C@@H](NC(=O)c3ccco3)C(C)C)C2=O)cc1OC. The quantitative estimate of drug-likeness (QED) is 0.476. The molecule has 0 aliphatic carbocycles. The summed E-state index contributed by atoms with van der Waals surface area (Å²) in [4.78, 5) is 51.4. The van der Waals surface area contributed by atoms with Crippen molar-refractivity contribution in [2.24, 2.45) is 5.92 Å². The molecule has 4 amide bonds. The van der Waals surface area contributed by atoms with Crippen LogP contribution in [0, 0.1) is 5.92 Å². The third-order valence-corrected chi connectivity index (χ3v) is 6.10. The molecule has 1 aliphatic rings. The maximum atomic E-state index is 12.8. The van der Waals surface area contributed by atoms with E-state index >= 15 is 0 Å². The summed E-state index contributed by atoms with van der Waals surface area (Å²) in [5, 5.41) is 4.90. The molecule has 0 spiro atoms. The Morgan fingerprint density at radius 3 is 2.51 bits per heavy atom. The molecule has 0 saturated carbocycles. The third-order valence-electron chi connectivity index (χ3n) is 5.19. The van der Waals surface area contributed by atoms with Crippen LogP contribution in [-0.2, 0) is 9.59 Å². The molecule has 1 aliphatic heterocycles. The fourth-order valence-electron chi connectivity index (χ4n) is 3.34. The van der Waals surface area contributed by atoms with Crippen molar-refractivity contribution in [1.82, 2.24) is 15.5 Å². The smallest absolute Gasteiger partial charge is 0.293 e. The van der Waals surface area contributed by atoms with E-state index in [4.69, 9.17) is 13.9 Å². The molecule has 0 bridgehead atoms. The van der Waals surface area contributed by atoms with Gasteiger partial charge in [0.05, 0.1) is 25.4 Å². The number of carbonyl (C=O) groups excluding carboxylic acids is 4. The number of hydrogen-bond acceptors (Lipinski definition) is 8. The van der Waals surface area contributed by atoms with Crippen LogP contribution in [0.1, 0.15) is 30.0 Å². The lowest BCUT2D eigenvalue weighted by atomic mass is 10.0. The number of benzene rings is 1. The zero-order valence-electron chi connectivity index (χ0n) is 19.8. The average Bonchev–Trinajstić information content (AvgIpc) is 3.46. The summed E-state index contributed by atoms with van der Waals surface area (Å²) in [5.41, 5.74) is 0.675. The number of furan rings is 1. The van der Waals surface area contributed by atoms with Gasteiger partial charge < -0.3 is 24.5 Å². The zero-order valence-corrected chi connectivity index (χ0v) is 20.6. The van der Waals surface area contributed by atoms with Gasteiger partial charge in [-0.05, 0) is 53.6 Å². The highest BCUT2D eigenvalue weighted by Crippen LogP contribution is 2.34. The van der Waals surface area contributed by atoms with Gasteiger partial charge in [-0.15, -0.1) is 0 Å². The molecule has 11 heteroatoms. The molecule has 1 saturated heterocycles. The highest BCUT2D eigenvalue weighted by Gasteiger charge is 2.35. The predicted octanol–water partition coefficient (Wildman–Crippen LogP) is 2.90. The molecular weight excluding hydrogens is 474 g/mol. The Balaban J connectivity index is 1.59. The molecule has 1 aromatic carbocycles. The topological polar surface area (TPSA) is 127 Å². The molecular formula is C24H27N3O7S. The van der Waals surface area contributed by atoms with Gasteiger partial charge >= 0.3 is 0 Å². The van der Waals surface area contributed by atoms with Crippen LogP contribution in [0.15, 0.2) is 45.9 Å². The molecule has 3 rings (SSSR count). The lowest BCUT2D eigenvalue weighted by Gasteiger charge is -2.22. The molecule has 2 heterocycles. The maximum Gasteiger partial charge on any atom is 0.293 e. The second-order valence-corrected chi connectivity index (χ2v) is 8.90. The van der Waals surface area contributed by atoms with Crippen LogP contribution in [0.3, 0.4) is 0 Å². The number of nitrogens with zero attached hydrogens (tertiary/aromatic N) is 1. The van der Waals surface area contributed by atoms with Crippen molar-refractivity contribution < 1.29 is 33.1 Å². The largest absolute Gasteiger partial charge is 0.493 e. The highest BCUT2D eigenvalue weighted by atomic mass is 32.2. The molecule has 2 aromatic rings. The second kappa shape index (κ2) is 11.6. The number of imide groups is 1. The van der Waals surface area contributed by atoms with Crippen LogP contribution < -0.4 is 20.1 Å². The minimum absolute atomic E-state index is 0.00335. The van der Waals surface area contributed by atoms with E-state index < -0.39 is 29.0 Å². The first-order chi connectivity index (χ1) is 16.7.